The van der Waals surface area contributed by atoms with Crippen molar-refractivity contribution >= 4 is 21.9 Å². The van der Waals surface area contributed by atoms with Crippen LogP contribution in [0.25, 0.3) is 67.0 Å². The first-order valence-electron chi connectivity index (χ1n) is 13.7. The van der Waals surface area contributed by atoms with E-state index in [0.717, 1.165) is 50.5 Å². The molecule has 0 atom stereocenters. The average Bonchev–Trinajstić information content (AvgIpc) is 3.50. The van der Waals surface area contributed by atoms with Crippen LogP contribution in [-0.2, 0) is 5.41 Å². The molecule has 40 heavy (non-hydrogen) atoms. The third-order valence-electron chi connectivity index (χ3n) is 8.30. The van der Waals surface area contributed by atoms with Crippen LogP contribution in [0.3, 0.4) is 0 Å². The van der Waals surface area contributed by atoms with Crippen molar-refractivity contribution in [3.8, 4) is 45.0 Å². The minimum absolute atomic E-state index is 0.174. The van der Waals surface area contributed by atoms with Crippen molar-refractivity contribution in [2.75, 3.05) is 0 Å². The molecule has 2 aromatic heterocycles. The molecule has 0 aliphatic heterocycles. The molecule has 0 unspecified atom stereocenters. The topological polar surface area (TPSA) is 38.9 Å². The Labute approximate surface area is 232 Å². The maximum absolute atomic E-state index is 6.24. The van der Waals surface area contributed by atoms with Gasteiger partial charge in [0.05, 0.1) is 11.4 Å². The first-order chi connectivity index (χ1) is 19.6. The van der Waals surface area contributed by atoms with Crippen molar-refractivity contribution in [3.05, 3.63) is 132 Å². The molecule has 8 rings (SSSR count). The quantitative estimate of drug-likeness (QED) is 0.236. The Balaban J connectivity index is 1.34. The SMILES string of the molecule is CC1(C)c2cc(-c3nc(-c4ccccc4)cc(-c4ccccc4)n3)ccc2-c2c1ccc1oc3ccccc3c21. The zero-order valence-corrected chi connectivity index (χ0v) is 22.3. The van der Waals surface area contributed by atoms with Gasteiger partial charge in [-0.1, -0.05) is 111 Å². The van der Waals surface area contributed by atoms with Gasteiger partial charge in [0.25, 0.3) is 0 Å². The molecule has 0 spiro atoms. The molecule has 1 aliphatic carbocycles. The molecule has 3 nitrogen and oxygen atoms in total. The molecule has 0 amide bonds. The van der Waals surface area contributed by atoms with E-state index in [0.29, 0.717) is 0 Å². The highest BCUT2D eigenvalue weighted by Crippen LogP contribution is 2.53. The molecule has 2 heterocycles. The molecule has 0 bridgehead atoms. The van der Waals surface area contributed by atoms with Crippen molar-refractivity contribution in [2.45, 2.75) is 19.3 Å². The summed E-state index contributed by atoms with van der Waals surface area (Å²) in [5.74, 6) is 0.730. The number of nitrogens with zero attached hydrogens (tertiary/aromatic N) is 2. The van der Waals surface area contributed by atoms with Gasteiger partial charge in [0, 0.05) is 32.9 Å². The largest absolute Gasteiger partial charge is 0.456 e. The van der Waals surface area contributed by atoms with E-state index in [4.69, 9.17) is 14.4 Å². The molecule has 190 valence electrons. The highest BCUT2D eigenvalue weighted by atomic mass is 16.3. The predicted octanol–water partition coefficient (Wildman–Crippen LogP) is 9.68. The number of aromatic nitrogens is 2. The van der Waals surface area contributed by atoms with Gasteiger partial charge < -0.3 is 4.42 Å². The average molecular weight is 515 g/mol. The highest BCUT2D eigenvalue weighted by molar-refractivity contribution is 6.15. The molecular formula is C37H26N2O. The van der Waals surface area contributed by atoms with E-state index in [1.165, 1.54) is 27.6 Å². The van der Waals surface area contributed by atoms with Crippen LogP contribution in [0.5, 0.6) is 0 Å². The zero-order chi connectivity index (χ0) is 26.8. The summed E-state index contributed by atoms with van der Waals surface area (Å²) in [7, 11) is 0. The fourth-order valence-corrected chi connectivity index (χ4v) is 6.27. The van der Waals surface area contributed by atoms with E-state index >= 15 is 0 Å². The van der Waals surface area contributed by atoms with Crippen LogP contribution in [0.2, 0.25) is 0 Å². The summed E-state index contributed by atoms with van der Waals surface area (Å²) in [6.45, 7) is 4.62. The Morgan fingerprint density at radius 2 is 1.20 bits per heavy atom. The van der Waals surface area contributed by atoms with Gasteiger partial charge in [0.1, 0.15) is 11.2 Å². The van der Waals surface area contributed by atoms with Gasteiger partial charge in [-0.15, -0.1) is 0 Å². The van der Waals surface area contributed by atoms with Gasteiger partial charge in [-0.3, -0.25) is 0 Å². The van der Waals surface area contributed by atoms with Crippen LogP contribution >= 0.6 is 0 Å². The molecule has 0 radical (unpaired) electrons. The van der Waals surface area contributed by atoms with Gasteiger partial charge in [-0.2, -0.15) is 0 Å². The highest BCUT2D eigenvalue weighted by Gasteiger charge is 2.37. The Morgan fingerprint density at radius 3 is 1.90 bits per heavy atom. The minimum atomic E-state index is -0.174. The molecule has 0 saturated heterocycles. The number of hydrogen-bond acceptors (Lipinski definition) is 3. The van der Waals surface area contributed by atoms with Crippen molar-refractivity contribution < 1.29 is 4.42 Å². The summed E-state index contributed by atoms with van der Waals surface area (Å²) in [6.07, 6.45) is 0. The summed E-state index contributed by atoms with van der Waals surface area (Å²) in [4.78, 5) is 10.2. The number of benzene rings is 5. The number of furan rings is 1. The molecule has 0 saturated carbocycles. The van der Waals surface area contributed by atoms with Crippen LogP contribution in [0.4, 0.5) is 0 Å². The van der Waals surface area contributed by atoms with Crippen LogP contribution < -0.4 is 0 Å². The van der Waals surface area contributed by atoms with Gasteiger partial charge in [-0.05, 0) is 46.5 Å². The Kier molecular flexibility index (Phi) is 4.86. The number of para-hydroxylation sites is 1. The number of rotatable bonds is 3. The van der Waals surface area contributed by atoms with Crippen molar-refractivity contribution in [2.24, 2.45) is 0 Å². The van der Waals surface area contributed by atoms with Crippen LogP contribution in [0.15, 0.2) is 126 Å². The molecule has 3 heteroatoms. The van der Waals surface area contributed by atoms with E-state index < -0.39 is 0 Å². The Morgan fingerprint density at radius 1 is 0.550 bits per heavy atom. The van der Waals surface area contributed by atoms with Crippen molar-refractivity contribution in [1.82, 2.24) is 9.97 Å². The lowest BCUT2D eigenvalue weighted by atomic mass is 9.81. The normalized spacial score (nSPS) is 13.4. The number of hydrogen-bond donors (Lipinski definition) is 0. The summed E-state index contributed by atoms with van der Waals surface area (Å²) in [5, 5.41) is 2.36. The van der Waals surface area contributed by atoms with Gasteiger partial charge in [-0.25, -0.2) is 9.97 Å². The molecule has 0 N–H and O–H groups in total. The second-order valence-corrected chi connectivity index (χ2v) is 11.0. The molecular weight excluding hydrogens is 488 g/mol. The van der Waals surface area contributed by atoms with Gasteiger partial charge >= 0.3 is 0 Å². The molecule has 5 aromatic carbocycles. The van der Waals surface area contributed by atoms with Gasteiger partial charge in [0.2, 0.25) is 0 Å². The zero-order valence-electron chi connectivity index (χ0n) is 22.3. The summed E-state index contributed by atoms with van der Waals surface area (Å²) >= 11 is 0. The van der Waals surface area contributed by atoms with Crippen molar-refractivity contribution in [1.29, 1.82) is 0 Å². The lowest BCUT2D eigenvalue weighted by Crippen LogP contribution is -2.15. The first kappa shape index (κ1) is 22.9. The fraction of sp³-hybridized carbons (Fsp3) is 0.0811. The Hall–Kier alpha value is -5.02. The monoisotopic (exact) mass is 514 g/mol. The van der Waals surface area contributed by atoms with E-state index in [9.17, 15) is 0 Å². The van der Waals surface area contributed by atoms with Crippen molar-refractivity contribution in [3.63, 3.8) is 0 Å². The number of fused-ring (bicyclic) bond motifs is 7. The predicted molar refractivity (Wildman–Crippen MR) is 163 cm³/mol. The molecule has 0 fully saturated rings. The van der Waals surface area contributed by atoms with Crippen LogP contribution in [0.1, 0.15) is 25.0 Å². The second kappa shape index (κ2) is 8.49. The lowest BCUT2D eigenvalue weighted by Gasteiger charge is -2.22. The maximum Gasteiger partial charge on any atom is 0.160 e. The van der Waals surface area contributed by atoms with Crippen LogP contribution in [-0.4, -0.2) is 9.97 Å². The Bertz CT molecular complexity index is 2010. The smallest absolute Gasteiger partial charge is 0.160 e. The minimum Gasteiger partial charge on any atom is -0.456 e. The summed E-state index contributed by atoms with van der Waals surface area (Å²) in [6, 6.07) is 42.2. The van der Waals surface area contributed by atoms with E-state index in [1.807, 2.05) is 24.3 Å². The summed E-state index contributed by atoms with van der Waals surface area (Å²) in [5.41, 5.74) is 11.8. The standard InChI is InChI=1S/C37H26N2O/c1-37(2)28-19-20-33-35(27-15-9-10-16-32(27)40-33)34(28)26-18-17-25(21-29(26)37)36-38-30(23-11-5-3-6-12-23)22-31(39-36)24-13-7-4-8-14-24/h3-22H,1-2H3. The van der Waals surface area contributed by atoms with E-state index in [1.54, 1.807) is 0 Å². The third kappa shape index (κ3) is 3.37. The molecule has 7 aromatic rings. The lowest BCUT2D eigenvalue weighted by molar-refractivity contribution is 0.656. The van der Waals surface area contributed by atoms with E-state index in [-0.39, 0.29) is 5.41 Å². The third-order valence-corrected chi connectivity index (χ3v) is 8.30. The second-order valence-electron chi connectivity index (χ2n) is 11.0. The van der Waals surface area contributed by atoms with E-state index in [2.05, 4.69) is 111 Å². The summed E-state index contributed by atoms with van der Waals surface area (Å²) < 4.78 is 6.24. The molecule has 1 aliphatic rings. The van der Waals surface area contributed by atoms with Crippen LogP contribution in [0, 0.1) is 0 Å². The van der Waals surface area contributed by atoms with Gasteiger partial charge in [0.15, 0.2) is 5.82 Å². The fourth-order valence-electron chi connectivity index (χ4n) is 6.27. The maximum atomic E-state index is 6.24. The first-order valence-corrected chi connectivity index (χ1v) is 13.7.